The van der Waals surface area contributed by atoms with Crippen LogP contribution in [0.1, 0.15) is 6.92 Å². The summed E-state index contributed by atoms with van der Waals surface area (Å²) in [6.45, 7) is 2.28. The number of methoxy groups -OCH3 is 1. The van der Waals surface area contributed by atoms with Crippen LogP contribution in [0.2, 0.25) is 0 Å². The lowest BCUT2D eigenvalue weighted by molar-refractivity contribution is -0.117. The van der Waals surface area contributed by atoms with Crippen LogP contribution in [0.25, 0.3) is 16.8 Å². The number of nitrogens with zero attached hydrogens (tertiary/aromatic N) is 4. The number of hydrogen-bond acceptors (Lipinski definition) is 6. The lowest BCUT2D eigenvalue weighted by Crippen LogP contribution is -2.30. The Morgan fingerprint density at radius 2 is 1.90 bits per heavy atom. The second kappa shape index (κ2) is 8.70. The summed E-state index contributed by atoms with van der Waals surface area (Å²) in [6, 6.07) is 16.1. The van der Waals surface area contributed by atoms with Gasteiger partial charge in [0.2, 0.25) is 5.91 Å². The molecule has 2 aromatic heterocycles. The average molecular weight is 419 g/mol. The summed E-state index contributed by atoms with van der Waals surface area (Å²) in [4.78, 5) is 25.2. The van der Waals surface area contributed by atoms with E-state index in [0.717, 1.165) is 16.0 Å². The summed E-state index contributed by atoms with van der Waals surface area (Å²) >= 11 is 0. The predicted octanol–water partition coefficient (Wildman–Crippen LogP) is 2.60. The van der Waals surface area contributed by atoms with Gasteiger partial charge in [-0.3, -0.25) is 9.59 Å². The fraction of sp³-hybridized carbons (Fsp3) is 0.182. The summed E-state index contributed by atoms with van der Waals surface area (Å²) in [5.74, 6) is 1.01. The highest BCUT2D eigenvalue weighted by Gasteiger charge is 2.13. The van der Waals surface area contributed by atoms with Crippen LogP contribution < -0.4 is 20.3 Å². The molecule has 0 aliphatic heterocycles. The van der Waals surface area contributed by atoms with Gasteiger partial charge in [0.15, 0.2) is 0 Å². The monoisotopic (exact) mass is 419 g/mol. The van der Waals surface area contributed by atoms with Gasteiger partial charge >= 0.3 is 0 Å². The summed E-state index contributed by atoms with van der Waals surface area (Å²) in [6.07, 6.45) is 1.41. The Bertz CT molecular complexity index is 1280. The molecule has 0 aliphatic rings. The summed E-state index contributed by atoms with van der Waals surface area (Å²) in [5, 5.41) is 11.2. The highest BCUT2D eigenvalue weighted by molar-refractivity contribution is 5.90. The Morgan fingerprint density at radius 1 is 1.10 bits per heavy atom. The van der Waals surface area contributed by atoms with Crippen LogP contribution in [-0.2, 0) is 11.3 Å². The maximum absolute atomic E-state index is 12.8. The molecule has 158 valence electrons. The van der Waals surface area contributed by atoms with E-state index in [1.165, 1.54) is 10.8 Å². The number of benzene rings is 2. The van der Waals surface area contributed by atoms with Gasteiger partial charge in [-0.05, 0) is 49.4 Å². The molecule has 0 saturated heterocycles. The van der Waals surface area contributed by atoms with Gasteiger partial charge in [-0.15, -0.1) is 0 Å². The number of carbonyl (C=O) groups excluding carboxylic acids is 1. The molecule has 0 unspecified atom stereocenters. The van der Waals surface area contributed by atoms with Gasteiger partial charge in [0.1, 0.15) is 29.9 Å². The van der Waals surface area contributed by atoms with Crippen molar-refractivity contribution in [3.8, 4) is 22.8 Å². The lowest BCUT2D eigenvalue weighted by Gasteiger charge is -2.08. The van der Waals surface area contributed by atoms with E-state index in [1.54, 1.807) is 37.4 Å². The molecule has 0 fully saturated rings. The van der Waals surface area contributed by atoms with Crippen molar-refractivity contribution in [1.82, 2.24) is 19.4 Å². The molecule has 2 aromatic carbocycles. The molecule has 4 aromatic rings. The highest BCUT2D eigenvalue weighted by Crippen LogP contribution is 2.22. The fourth-order valence-electron chi connectivity index (χ4n) is 3.12. The maximum Gasteiger partial charge on any atom is 0.293 e. The second-order valence-electron chi connectivity index (χ2n) is 6.69. The van der Waals surface area contributed by atoms with Crippen molar-refractivity contribution in [2.75, 3.05) is 19.0 Å². The third-order valence-corrected chi connectivity index (χ3v) is 4.60. The van der Waals surface area contributed by atoms with Crippen molar-refractivity contribution >= 4 is 17.1 Å². The molecule has 9 heteroatoms. The van der Waals surface area contributed by atoms with Crippen LogP contribution in [0.4, 0.5) is 5.69 Å². The summed E-state index contributed by atoms with van der Waals surface area (Å²) < 4.78 is 13.1. The van der Waals surface area contributed by atoms with E-state index in [0.29, 0.717) is 29.3 Å². The van der Waals surface area contributed by atoms with Crippen LogP contribution in [0.15, 0.2) is 65.7 Å². The number of nitrogens with one attached hydrogen (secondary N) is 1. The molecule has 2 heterocycles. The smallest absolute Gasteiger partial charge is 0.293 e. The standard InChI is InChI=1S/C22H21N5O4/c1-3-31-17-9-7-15(8-10-17)19-12-20-22(29)26(23-14-27(20)25-19)13-21(28)24-16-5-4-6-18(11-16)30-2/h4-12,14H,3,13H2,1-2H3,(H,24,28). The van der Waals surface area contributed by atoms with E-state index in [1.807, 2.05) is 31.2 Å². The van der Waals surface area contributed by atoms with Gasteiger partial charge in [0.25, 0.3) is 5.56 Å². The lowest BCUT2D eigenvalue weighted by atomic mass is 10.1. The van der Waals surface area contributed by atoms with Crippen LogP contribution in [0.5, 0.6) is 11.5 Å². The molecule has 0 atom stereocenters. The number of anilines is 1. The third-order valence-electron chi connectivity index (χ3n) is 4.60. The molecule has 0 aliphatic carbocycles. The number of carbonyl (C=O) groups is 1. The number of aromatic nitrogens is 4. The first-order chi connectivity index (χ1) is 15.1. The molecule has 31 heavy (non-hydrogen) atoms. The Balaban J connectivity index is 1.55. The first kappa shape index (κ1) is 20.1. The average Bonchev–Trinajstić information content (AvgIpc) is 3.22. The van der Waals surface area contributed by atoms with Crippen LogP contribution in [-0.4, -0.2) is 39.0 Å². The van der Waals surface area contributed by atoms with Gasteiger partial charge in [-0.25, -0.2) is 9.20 Å². The fourth-order valence-corrected chi connectivity index (χ4v) is 3.12. The normalized spacial score (nSPS) is 10.8. The molecule has 0 saturated carbocycles. The van der Waals surface area contributed by atoms with Crippen molar-refractivity contribution in [2.45, 2.75) is 13.5 Å². The Morgan fingerprint density at radius 3 is 2.65 bits per heavy atom. The molecule has 0 bridgehead atoms. The van der Waals surface area contributed by atoms with Gasteiger partial charge in [-0.2, -0.15) is 10.2 Å². The quantitative estimate of drug-likeness (QED) is 0.494. The van der Waals surface area contributed by atoms with E-state index < -0.39 is 5.56 Å². The SMILES string of the molecule is CCOc1ccc(-c2cc3c(=O)n(CC(=O)Nc4cccc(OC)c4)ncn3n2)cc1. The number of ether oxygens (including phenoxy) is 2. The minimum absolute atomic E-state index is 0.226. The molecule has 1 N–H and O–H groups in total. The van der Waals surface area contributed by atoms with Crippen molar-refractivity contribution < 1.29 is 14.3 Å². The van der Waals surface area contributed by atoms with Crippen molar-refractivity contribution in [3.63, 3.8) is 0 Å². The summed E-state index contributed by atoms with van der Waals surface area (Å²) in [7, 11) is 1.55. The zero-order valence-corrected chi connectivity index (χ0v) is 17.1. The largest absolute Gasteiger partial charge is 0.497 e. The first-order valence-corrected chi connectivity index (χ1v) is 9.70. The van der Waals surface area contributed by atoms with Gasteiger partial charge in [-0.1, -0.05) is 6.07 Å². The molecule has 9 nitrogen and oxygen atoms in total. The van der Waals surface area contributed by atoms with E-state index in [2.05, 4.69) is 15.5 Å². The van der Waals surface area contributed by atoms with Crippen molar-refractivity contribution in [3.05, 3.63) is 71.3 Å². The van der Waals surface area contributed by atoms with E-state index in [4.69, 9.17) is 9.47 Å². The Hall–Kier alpha value is -4.14. The Kier molecular flexibility index (Phi) is 5.65. The van der Waals surface area contributed by atoms with Crippen molar-refractivity contribution in [2.24, 2.45) is 0 Å². The minimum Gasteiger partial charge on any atom is -0.497 e. The van der Waals surface area contributed by atoms with Crippen LogP contribution in [0, 0.1) is 0 Å². The third kappa shape index (κ3) is 4.40. The molecular weight excluding hydrogens is 398 g/mol. The number of rotatable bonds is 7. The molecule has 1 amide bonds. The predicted molar refractivity (Wildman–Crippen MR) is 115 cm³/mol. The highest BCUT2D eigenvalue weighted by atomic mass is 16.5. The van der Waals surface area contributed by atoms with Gasteiger partial charge in [0.05, 0.1) is 19.4 Å². The number of amides is 1. The second-order valence-corrected chi connectivity index (χ2v) is 6.69. The van der Waals surface area contributed by atoms with E-state index in [-0.39, 0.29) is 12.5 Å². The maximum atomic E-state index is 12.8. The molecule has 4 rings (SSSR count). The van der Waals surface area contributed by atoms with Crippen LogP contribution in [0.3, 0.4) is 0 Å². The number of fused-ring (bicyclic) bond motifs is 1. The molecular formula is C22H21N5O4. The van der Waals surface area contributed by atoms with E-state index in [9.17, 15) is 9.59 Å². The Labute approximate surface area is 177 Å². The molecule has 0 radical (unpaired) electrons. The minimum atomic E-state index is -0.409. The zero-order chi connectivity index (χ0) is 21.8. The zero-order valence-electron chi connectivity index (χ0n) is 17.1. The van der Waals surface area contributed by atoms with Gasteiger partial charge < -0.3 is 14.8 Å². The number of hydrogen-bond donors (Lipinski definition) is 1. The van der Waals surface area contributed by atoms with Crippen LogP contribution >= 0.6 is 0 Å². The molecule has 0 spiro atoms. The topological polar surface area (TPSA) is 99.8 Å². The van der Waals surface area contributed by atoms with Gasteiger partial charge in [0, 0.05) is 17.3 Å². The first-order valence-electron chi connectivity index (χ1n) is 9.70. The summed E-state index contributed by atoms with van der Waals surface area (Å²) in [5.41, 5.74) is 1.95. The van der Waals surface area contributed by atoms with E-state index >= 15 is 0 Å². The van der Waals surface area contributed by atoms with Crippen molar-refractivity contribution in [1.29, 1.82) is 0 Å².